The Morgan fingerprint density at radius 1 is 1.21 bits per heavy atom. The lowest BCUT2D eigenvalue weighted by Gasteiger charge is -2.30. The molecule has 0 bridgehead atoms. The van der Waals surface area contributed by atoms with E-state index in [9.17, 15) is 5.11 Å². The molecule has 0 aliphatic carbocycles. The average Bonchev–Trinajstić information content (AvgIpc) is 2.23. The van der Waals surface area contributed by atoms with Crippen LogP contribution < -0.4 is 0 Å². The number of unbranched alkanes of at least 4 members (excludes halogenated alkanes) is 1. The van der Waals surface area contributed by atoms with Crippen molar-refractivity contribution < 1.29 is 10.2 Å². The van der Waals surface area contributed by atoms with Crippen LogP contribution in [0.1, 0.15) is 59.3 Å². The van der Waals surface area contributed by atoms with Crippen molar-refractivity contribution in [1.82, 2.24) is 0 Å². The van der Waals surface area contributed by atoms with Crippen molar-refractivity contribution in [2.75, 3.05) is 6.61 Å². The molecule has 2 unspecified atom stereocenters. The maximum Gasteiger partial charge on any atom is 0.0648 e. The number of hydrogen-bond acceptors (Lipinski definition) is 2. The minimum Gasteiger partial charge on any atom is -0.396 e. The van der Waals surface area contributed by atoms with Crippen molar-refractivity contribution in [2.24, 2.45) is 5.92 Å². The van der Waals surface area contributed by atoms with Crippen molar-refractivity contribution in [3.05, 3.63) is 0 Å². The number of aliphatic hydroxyl groups is 2. The van der Waals surface area contributed by atoms with Crippen LogP contribution in [-0.2, 0) is 0 Å². The molecule has 0 heterocycles. The number of hydrogen-bond donors (Lipinski definition) is 2. The van der Waals surface area contributed by atoms with Crippen LogP contribution in [0, 0.1) is 5.92 Å². The van der Waals surface area contributed by atoms with Gasteiger partial charge in [0, 0.05) is 6.61 Å². The van der Waals surface area contributed by atoms with Gasteiger partial charge in [-0.3, -0.25) is 0 Å². The van der Waals surface area contributed by atoms with E-state index in [-0.39, 0.29) is 12.5 Å². The summed E-state index contributed by atoms with van der Waals surface area (Å²) in [5, 5.41) is 19.4. The first-order valence-electron chi connectivity index (χ1n) is 5.95. The fourth-order valence-corrected chi connectivity index (χ4v) is 1.80. The van der Waals surface area contributed by atoms with E-state index in [4.69, 9.17) is 5.11 Å². The zero-order valence-electron chi connectivity index (χ0n) is 9.92. The van der Waals surface area contributed by atoms with Crippen LogP contribution in [-0.4, -0.2) is 22.4 Å². The normalized spacial score (nSPS) is 17.8. The van der Waals surface area contributed by atoms with Crippen LogP contribution in [0.3, 0.4) is 0 Å². The Labute approximate surface area is 88.3 Å². The van der Waals surface area contributed by atoms with Crippen LogP contribution in [0.2, 0.25) is 0 Å². The Morgan fingerprint density at radius 2 is 1.86 bits per heavy atom. The standard InChI is InChI=1S/C12H26O2/c1-4-7-8-12(14,6-3)9-11(5-2)10-13/h11,13-14H,4-10H2,1-3H3. The average molecular weight is 202 g/mol. The van der Waals surface area contributed by atoms with Gasteiger partial charge in [0.05, 0.1) is 5.60 Å². The van der Waals surface area contributed by atoms with Gasteiger partial charge in [-0.05, 0) is 25.2 Å². The van der Waals surface area contributed by atoms with Gasteiger partial charge in [-0.25, -0.2) is 0 Å². The molecule has 0 fully saturated rings. The zero-order valence-corrected chi connectivity index (χ0v) is 9.92. The second-order valence-electron chi connectivity index (χ2n) is 4.34. The van der Waals surface area contributed by atoms with E-state index in [2.05, 4.69) is 13.8 Å². The third kappa shape index (κ3) is 4.97. The van der Waals surface area contributed by atoms with Gasteiger partial charge >= 0.3 is 0 Å². The highest BCUT2D eigenvalue weighted by Gasteiger charge is 2.26. The summed E-state index contributed by atoms with van der Waals surface area (Å²) in [6.07, 6.45) is 5.56. The quantitative estimate of drug-likeness (QED) is 0.635. The zero-order chi connectivity index (χ0) is 11.0. The van der Waals surface area contributed by atoms with Crippen molar-refractivity contribution in [2.45, 2.75) is 64.9 Å². The summed E-state index contributed by atoms with van der Waals surface area (Å²) >= 11 is 0. The lowest BCUT2D eigenvalue weighted by molar-refractivity contribution is -0.00703. The summed E-state index contributed by atoms with van der Waals surface area (Å²) in [5.74, 6) is 0.261. The third-order valence-corrected chi connectivity index (χ3v) is 3.16. The van der Waals surface area contributed by atoms with E-state index < -0.39 is 5.60 Å². The first-order valence-corrected chi connectivity index (χ1v) is 5.95. The van der Waals surface area contributed by atoms with E-state index in [0.29, 0.717) is 0 Å². The highest BCUT2D eigenvalue weighted by molar-refractivity contribution is 4.79. The van der Waals surface area contributed by atoms with Gasteiger partial charge in [-0.2, -0.15) is 0 Å². The molecular formula is C12H26O2. The molecule has 0 aromatic carbocycles. The van der Waals surface area contributed by atoms with Crippen LogP contribution in [0.15, 0.2) is 0 Å². The van der Waals surface area contributed by atoms with Crippen molar-refractivity contribution in [3.63, 3.8) is 0 Å². The SMILES string of the molecule is CCCCC(O)(CC)CC(CC)CO. The molecule has 2 N–H and O–H groups in total. The minimum absolute atomic E-state index is 0.199. The van der Waals surface area contributed by atoms with E-state index in [1.165, 1.54) is 0 Å². The van der Waals surface area contributed by atoms with Gasteiger partial charge in [0.2, 0.25) is 0 Å². The van der Waals surface area contributed by atoms with Crippen molar-refractivity contribution in [1.29, 1.82) is 0 Å². The van der Waals surface area contributed by atoms with Crippen LogP contribution in [0.25, 0.3) is 0 Å². The van der Waals surface area contributed by atoms with E-state index in [0.717, 1.165) is 38.5 Å². The smallest absolute Gasteiger partial charge is 0.0648 e. The fraction of sp³-hybridized carbons (Fsp3) is 1.00. The van der Waals surface area contributed by atoms with Crippen molar-refractivity contribution in [3.8, 4) is 0 Å². The maximum absolute atomic E-state index is 10.3. The molecular weight excluding hydrogens is 176 g/mol. The lowest BCUT2D eigenvalue weighted by Crippen LogP contribution is -2.31. The Kier molecular flexibility index (Phi) is 7.20. The molecule has 86 valence electrons. The molecule has 0 rings (SSSR count). The number of rotatable bonds is 8. The monoisotopic (exact) mass is 202 g/mol. The molecule has 0 amide bonds. The molecule has 2 nitrogen and oxygen atoms in total. The summed E-state index contributed by atoms with van der Waals surface area (Å²) < 4.78 is 0. The molecule has 0 aliphatic rings. The first-order chi connectivity index (χ1) is 6.61. The highest BCUT2D eigenvalue weighted by atomic mass is 16.3. The topological polar surface area (TPSA) is 40.5 Å². The van der Waals surface area contributed by atoms with Gasteiger partial charge < -0.3 is 10.2 Å². The Bertz CT molecular complexity index is 132. The van der Waals surface area contributed by atoms with Gasteiger partial charge in [0.15, 0.2) is 0 Å². The molecule has 2 atom stereocenters. The third-order valence-electron chi connectivity index (χ3n) is 3.16. The van der Waals surface area contributed by atoms with Crippen molar-refractivity contribution >= 4 is 0 Å². The van der Waals surface area contributed by atoms with E-state index >= 15 is 0 Å². The molecule has 0 aromatic rings. The molecule has 2 heteroatoms. The predicted octanol–water partition coefficient (Wildman–Crippen LogP) is 2.73. The van der Waals surface area contributed by atoms with Gasteiger partial charge in [0.1, 0.15) is 0 Å². The molecule has 0 radical (unpaired) electrons. The Balaban J connectivity index is 4.07. The molecule has 0 saturated carbocycles. The van der Waals surface area contributed by atoms with Gasteiger partial charge in [-0.15, -0.1) is 0 Å². The Hall–Kier alpha value is -0.0800. The second kappa shape index (κ2) is 7.24. The second-order valence-corrected chi connectivity index (χ2v) is 4.34. The van der Waals surface area contributed by atoms with Crippen LogP contribution >= 0.6 is 0 Å². The molecule has 0 aliphatic heterocycles. The molecule has 0 aromatic heterocycles. The predicted molar refractivity (Wildman–Crippen MR) is 60.2 cm³/mol. The minimum atomic E-state index is -0.542. The summed E-state index contributed by atoms with van der Waals surface area (Å²) in [6.45, 7) is 6.43. The van der Waals surface area contributed by atoms with Crippen LogP contribution in [0.5, 0.6) is 0 Å². The van der Waals surface area contributed by atoms with Gasteiger partial charge in [0.25, 0.3) is 0 Å². The lowest BCUT2D eigenvalue weighted by atomic mass is 9.83. The summed E-state index contributed by atoms with van der Waals surface area (Å²) in [7, 11) is 0. The number of aliphatic hydroxyl groups excluding tert-OH is 1. The molecule has 0 spiro atoms. The first kappa shape index (κ1) is 13.9. The Morgan fingerprint density at radius 3 is 2.21 bits per heavy atom. The van der Waals surface area contributed by atoms with E-state index in [1.54, 1.807) is 0 Å². The van der Waals surface area contributed by atoms with E-state index in [1.807, 2.05) is 6.92 Å². The summed E-state index contributed by atoms with van der Waals surface area (Å²) in [4.78, 5) is 0. The summed E-state index contributed by atoms with van der Waals surface area (Å²) in [6, 6.07) is 0. The van der Waals surface area contributed by atoms with Crippen LogP contribution in [0.4, 0.5) is 0 Å². The molecule has 14 heavy (non-hydrogen) atoms. The maximum atomic E-state index is 10.3. The highest BCUT2D eigenvalue weighted by Crippen LogP contribution is 2.27. The fourth-order valence-electron chi connectivity index (χ4n) is 1.80. The largest absolute Gasteiger partial charge is 0.396 e. The van der Waals surface area contributed by atoms with Gasteiger partial charge in [-0.1, -0.05) is 40.0 Å². The summed E-state index contributed by atoms with van der Waals surface area (Å²) in [5.41, 5.74) is -0.542. The molecule has 0 saturated heterocycles.